The number of hydrogen-bond acceptors (Lipinski definition) is 3. The molecule has 0 atom stereocenters. The second kappa shape index (κ2) is 7.99. The van der Waals surface area contributed by atoms with Crippen LogP contribution in [0.5, 0.6) is 5.75 Å². The van der Waals surface area contributed by atoms with Crippen LogP contribution in [0, 0.1) is 11.6 Å². The van der Waals surface area contributed by atoms with Gasteiger partial charge < -0.3 is 9.15 Å². The van der Waals surface area contributed by atoms with E-state index in [1.165, 1.54) is 24.3 Å². The van der Waals surface area contributed by atoms with Crippen molar-refractivity contribution in [1.82, 2.24) is 0 Å². The highest BCUT2D eigenvalue weighted by molar-refractivity contribution is 5.86. The summed E-state index contributed by atoms with van der Waals surface area (Å²) in [6.45, 7) is 5.57. The summed E-state index contributed by atoms with van der Waals surface area (Å²) in [6, 6.07) is 9.33. The number of hydrogen-bond donors (Lipinski definition) is 0. The van der Waals surface area contributed by atoms with Gasteiger partial charge in [-0.1, -0.05) is 49.9 Å². The number of aryl methyl sites for hydroxylation is 1. The van der Waals surface area contributed by atoms with E-state index in [9.17, 15) is 13.6 Å². The van der Waals surface area contributed by atoms with E-state index in [2.05, 4.69) is 6.58 Å². The molecule has 0 amide bonds. The van der Waals surface area contributed by atoms with Crippen molar-refractivity contribution in [3.63, 3.8) is 0 Å². The van der Waals surface area contributed by atoms with Crippen LogP contribution in [0.15, 0.2) is 58.3 Å². The third-order valence-corrected chi connectivity index (χ3v) is 4.06. The van der Waals surface area contributed by atoms with Gasteiger partial charge in [-0.05, 0) is 29.1 Å². The Kier molecular flexibility index (Phi) is 5.50. The van der Waals surface area contributed by atoms with Crippen LogP contribution in [-0.4, -0.2) is 6.61 Å². The molecule has 0 saturated carbocycles. The predicted molar refractivity (Wildman–Crippen MR) is 103 cm³/mol. The van der Waals surface area contributed by atoms with Crippen LogP contribution in [0.2, 0.25) is 0 Å². The molecule has 27 heavy (non-hydrogen) atoms. The fraction of sp³-hybridized carbons (Fsp3) is 0.136. The van der Waals surface area contributed by atoms with Gasteiger partial charge >= 0.3 is 5.63 Å². The maximum Gasteiger partial charge on any atom is 0.346 e. The molecule has 0 aliphatic rings. The van der Waals surface area contributed by atoms with Crippen molar-refractivity contribution in [2.24, 2.45) is 0 Å². The van der Waals surface area contributed by atoms with Crippen LogP contribution >= 0.6 is 0 Å². The van der Waals surface area contributed by atoms with Gasteiger partial charge in [0.15, 0.2) is 11.6 Å². The summed E-state index contributed by atoms with van der Waals surface area (Å²) < 4.78 is 39.0. The van der Waals surface area contributed by atoms with E-state index in [0.717, 1.165) is 0 Å². The SMILES string of the molecule is C=CCOc1ccc(/C=C/c2ccc3cc(CC)oc(=O)c3c2F)cc1F. The molecule has 3 rings (SSSR count). The number of benzene rings is 2. The third kappa shape index (κ3) is 3.97. The standard InChI is InChI=1S/C22H18F2O3/c1-3-11-26-19-10-6-14(12-18(19)23)5-7-15-8-9-16-13-17(4-2)27-22(25)20(16)21(15)24/h3,5-10,12-13H,1,4,11H2,2H3/b7-5+. The number of fused-ring (bicyclic) bond motifs is 1. The minimum Gasteiger partial charge on any atom is -0.486 e. The second-order valence-electron chi connectivity index (χ2n) is 5.91. The third-order valence-electron chi connectivity index (χ3n) is 4.06. The van der Waals surface area contributed by atoms with Gasteiger partial charge in [-0.25, -0.2) is 13.6 Å². The van der Waals surface area contributed by atoms with Crippen LogP contribution < -0.4 is 10.4 Å². The molecule has 0 saturated heterocycles. The molecular weight excluding hydrogens is 350 g/mol. The highest BCUT2D eigenvalue weighted by Gasteiger charge is 2.12. The summed E-state index contributed by atoms with van der Waals surface area (Å²) >= 11 is 0. The first-order chi connectivity index (χ1) is 13.0. The van der Waals surface area contributed by atoms with Gasteiger partial charge in [0, 0.05) is 12.0 Å². The van der Waals surface area contributed by atoms with Crippen molar-refractivity contribution < 1.29 is 17.9 Å². The average Bonchev–Trinajstić information content (AvgIpc) is 2.66. The molecule has 3 nitrogen and oxygen atoms in total. The highest BCUT2D eigenvalue weighted by atomic mass is 19.1. The lowest BCUT2D eigenvalue weighted by Gasteiger charge is -2.05. The fourth-order valence-corrected chi connectivity index (χ4v) is 2.68. The lowest BCUT2D eigenvalue weighted by Crippen LogP contribution is -2.05. The molecule has 1 heterocycles. The van der Waals surface area contributed by atoms with Crippen molar-refractivity contribution in [1.29, 1.82) is 0 Å². The minimum atomic E-state index is -0.702. The van der Waals surface area contributed by atoms with Gasteiger partial charge in [-0.15, -0.1) is 0 Å². The summed E-state index contributed by atoms with van der Waals surface area (Å²) in [5.41, 5.74) is 0.0459. The van der Waals surface area contributed by atoms with E-state index in [1.807, 2.05) is 6.92 Å². The van der Waals surface area contributed by atoms with E-state index in [0.29, 0.717) is 23.1 Å². The molecule has 138 valence electrons. The number of rotatable bonds is 6. The average molecular weight is 368 g/mol. The molecule has 0 radical (unpaired) electrons. The first kappa shape index (κ1) is 18.6. The van der Waals surface area contributed by atoms with Crippen LogP contribution in [-0.2, 0) is 6.42 Å². The van der Waals surface area contributed by atoms with Crippen LogP contribution in [0.25, 0.3) is 22.9 Å². The normalized spacial score (nSPS) is 11.2. The van der Waals surface area contributed by atoms with Crippen molar-refractivity contribution in [3.05, 3.63) is 88.0 Å². The lowest BCUT2D eigenvalue weighted by atomic mass is 10.1. The topological polar surface area (TPSA) is 39.4 Å². The van der Waals surface area contributed by atoms with Gasteiger partial charge in [-0.2, -0.15) is 0 Å². The number of ether oxygens (including phenoxy) is 1. The molecule has 0 aliphatic carbocycles. The summed E-state index contributed by atoms with van der Waals surface area (Å²) in [6.07, 6.45) is 5.12. The Bertz CT molecular complexity index is 1080. The van der Waals surface area contributed by atoms with E-state index in [4.69, 9.17) is 9.15 Å². The largest absolute Gasteiger partial charge is 0.486 e. The molecule has 0 aliphatic heterocycles. The molecular formula is C22H18F2O3. The summed E-state index contributed by atoms with van der Waals surface area (Å²) in [5.74, 6) is -0.560. The Morgan fingerprint density at radius 1 is 1.15 bits per heavy atom. The second-order valence-corrected chi connectivity index (χ2v) is 5.91. The molecule has 3 aromatic rings. The van der Waals surface area contributed by atoms with Crippen LogP contribution in [0.1, 0.15) is 23.8 Å². The molecule has 0 bridgehead atoms. The smallest absolute Gasteiger partial charge is 0.346 e. The maximum atomic E-state index is 14.7. The zero-order chi connectivity index (χ0) is 19.4. The van der Waals surface area contributed by atoms with Crippen LogP contribution in [0.3, 0.4) is 0 Å². The van der Waals surface area contributed by atoms with Gasteiger partial charge in [0.25, 0.3) is 0 Å². The Balaban J connectivity index is 1.93. The summed E-state index contributed by atoms with van der Waals surface area (Å²) in [7, 11) is 0. The van der Waals surface area contributed by atoms with Gasteiger partial charge in [0.1, 0.15) is 23.6 Å². The monoisotopic (exact) mass is 368 g/mol. The molecule has 0 spiro atoms. The Morgan fingerprint density at radius 3 is 2.67 bits per heavy atom. The van der Waals surface area contributed by atoms with Crippen molar-refractivity contribution in [2.75, 3.05) is 6.61 Å². The van der Waals surface area contributed by atoms with Crippen LogP contribution in [0.4, 0.5) is 8.78 Å². The molecule has 1 aromatic heterocycles. The van der Waals surface area contributed by atoms with Gasteiger partial charge in [0.05, 0.1) is 0 Å². The fourth-order valence-electron chi connectivity index (χ4n) is 2.68. The van der Waals surface area contributed by atoms with Gasteiger partial charge in [0.2, 0.25) is 0 Å². The Labute approximate surface area is 155 Å². The molecule has 0 unspecified atom stereocenters. The number of halogens is 2. The van der Waals surface area contributed by atoms with E-state index in [1.54, 1.807) is 30.3 Å². The quantitative estimate of drug-likeness (QED) is 0.434. The van der Waals surface area contributed by atoms with Crippen molar-refractivity contribution >= 4 is 22.9 Å². The lowest BCUT2D eigenvalue weighted by molar-refractivity contribution is 0.342. The zero-order valence-corrected chi connectivity index (χ0v) is 14.8. The Morgan fingerprint density at radius 2 is 1.96 bits per heavy atom. The molecule has 2 aromatic carbocycles. The first-order valence-electron chi connectivity index (χ1n) is 8.50. The van der Waals surface area contributed by atoms with Gasteiger partial charge in [-0.3, -0.25) is 0 Å². The minimum absolute atomic E-state index is 0.0892. The summed E-state index contributed by atoms with van der Waals surface area (Å²) in [5, 5.41) is 0.404. The molecule has 5 heteroatoms. The predicted octanol–water partition coefficient (Wildman–Crippen LogP) is 5.37. The van der Waals surface area contributed by atoms with Crippen molar-refractivity contribution in [2.45, 2.75) is 13.3 Å². The summed E-state index contributed by atoms with van der Waals surface area (Å²) in [4.78, 5) is 12.1. The van der Waals surface area contributed by atoms with E-state index < -0.39 is 17.3 Å². The zero-order valence-electron chi connectivity index (χ0n) is 14.8. The maximum absolute atomic E-state index is 14.7. The molecule has 0 N–H and O–H groups in total. The van der Waals surface area contributed by atoms with E-state index in [-0.39, 0.29) is 23.3 Å². The van der Waals surface area contributed by atoms with Crippen molar-refractivity contribution in [3.8, 4) is 5.75 Å². The first-order valence-corrected chi connectivity index (χ1v) is 8.50. The Hall–Kier alpha value is -3.21. The highest BCUT2D eigenvalue weighted by Crippen LogP contribution is 2.23. The molecule has 0 fully saturated rings. The van der Waals surface area contributed by atoms with E-state index >= 15 is 0 Å².